The van der Waals surface area contributed by atoms with Crippen LogP contribution in [-0.4, -0.2) is 27.9 Å². The first kappa shape index (κ1) is 17.6. The van der Waals surface area contributed by atoms with E-state index in [9.17, 15) is 4.79 Å². The van der Waals surface area contributed by atoms with Gasteiger partial charge in [0.2, 0.25) is 5.91 Å². The third-order valence-corrected chi connectivity index (χ3v) is 5.79. The van der Waals surface area contributed by atoms with Gasteiger partial charge in [-0.15, -0.1) is 11.3 Å². The van der Waals surface area contributed by atoms with Gasteiger partial charge in [0.15, 0.2) is 0 Å². The average molecular weight is 399 g/mol. The molecule has 0 aliphatic heterocycles. The molecule has 4 heterocycles. The molecule has 1 aliphatic carbocycles. The van der Waals surface area contributed by atoms with Crippen LogP contribution >= 0.6 is 11.3 Å². The third kappa shape index (κ3) is 3.39. The number of anilines is 2. The van der Waals surface area contributed by atoms with Gasteiger partial charge < -0.3 is 10.6 Å². The Balaban J connectivity index is 1.58. The zero-order valence-electron chi connectivity index (χ0n) is 15.7. The minimum Gasteiger partial charge on any atom is -0.373 e. The Morgan fingerprint density at radius 1 is 1.10 bits per heavy atom. The first-order valence-corrected chi connectivity index (χ1v) is 10.2. The van der Waals surface area contributed by atoms with Crippen LogP contribution < -0.4 is 10.6 Å². The van der Waals surface area contributed by atoms with E-state index in [1.165, 1.54) is 0 Å². The first-order chi connectivity index (χ1) is 14.2. The largest absolute Gasteiger partial charge is 0.373 e. The van der Waals surface area contributed by atoms with E-state index >= 15 is 0 Å². The van der Waals surface area contributed by atoms with Gasteiger partial charge in [-0.2, -0.15) is 0 Å². The summed E-state index contributed by atoms with van der Waals surface area (Å²) < 4.78 is 0. The summed E-state index contributed by atoms with van der Waals surface area (Å²) in [5.74, 6) is 7.92. The van der Waals surface area contributed by atoms with Gasteiger partial charge in [0.25, 0.3) is 0 Å². The highest BCUT2D eigenvalue weighted by atomic mass is 32.1. The highest BCUT2D eigenvalue weighted by Crippen LogP contribution is 2.31. The summed E-state index contributed by atoms with van der Waals surface area (Å²) in [5.41, 5.74) is 1.73. The molecule has 6 nitrogen and oxygen atoms in total. The van der Waals surface area contributed by atoms with Crippen molar-refractivity contribution < 1.29 is 4.79 Å². The summed E-state index contributed by atoms with van der Waals surface area (Å²) in [5, 5.41) is 10.8. The molecule has 7 heteroatoms. The second kappa shape index (κ2) is 7.15. The van der Waals surface area contributed by atoms with Crippen LogP contribution in [0.3, 0.4) is 0 Å². The summed E-state index contributed by atoms with van der Waals surface area (Å²) >= 11 is 1.58. The Kier molecular flexibility index (Phi) is 4.34. The van der Waals surface area contributed by atoms with Crippen LogP contribution in [0.2, 0.25) is 0 Å². The van der Waals surface area contributed by atoms with E-state index in [0.29, 0.717) is 5.82 Å². The summed E-state index contributed by atoms with van der Waals surface area (Å²) in [7, 11) is 1.82. The molecule has 0 radical (unpaired) electrons. The Labute approximate surface area is 171 Å². The summed E-state index contributed by atoms with van der Waals surface area (Å²) in [6, 6.07) is 5.81. The number of pyridine rings is 3. The molecule has 1 fully saturated rings. The minimum absolute atomic E-state index is 0.0321. The molecule has 0 unspecified atom stereocenters. The van der Waals surface area contributed by atoms with Gasteiger partial charge >= 0.3 is 0 Å². The molecule has 0 atom stereocenters. The predicted molar refractivity (Wildman–Crippen MR) is 116 cm³/mol. The van der Waals surface area contributed by atoms with Crippen LogP contribution in [0, 0.1) is 17.8 Å². The summed E-state index contributed by atoms with van der Waals surface area (Å²) in [6.45, 7) is 0. The minimum atomic E-state index is 0.0321. The molecule has 29 heavy (non-hydrogen) atoms. The van der Waals surface area contributed by atoms with E-state index in [0.717, 1.165) is 50.8 Å². The quantitative estimate of drug-likeness (QED) is 0.509. The van der Waals surface area contributed by atoms with Crippen LogP contribution in [0.25, 0.3) is 21.0 Å². The summed E-state index contributed by atoms with van der Waals surface area (Å²) in [6.07, 6.45) is 7.17. The Morgan fingerprint density at radius 3 is 2.79 bits per heavy atom. The lowest BCUT2D eigenvalue weighted by Crippen LogP contribution is -2.14. The third-order valence-electron chi connectivity index (χ3n) is 4.89. The van der Waals surface area contributed by atoms with E-state index in [4.69, 9.17) is 0 Å². The topological polar surface area (TPSA) is 79.8 Å². The van der Waals surface area contributed by atoms with Crippen LogP contribution in [0.4, 0.5) is 11.6 Å². The normalized spacial score (nSPS) is 13.1. The fourth-order valence-corrected chi connectivity index (χ4v) is 4.02. The van der Waals surface area contributed by atoms with Crippen molar-refractivity contribution in [2.24, 2.45) is 5.92 Å². The molecule has 0 spiro atoms. The van der Waals surface area contributed by atoms with Crippen molar-refractivity contribution >= 4 is 49.9 Å². The molecule has 1 saturated carbocycles. The molecule has 0 aromatic carbocycles. The number of hydrogen-bond donors (Lipinski definition) is 2. The molecular weight excluding hydrogens is 382 g/mol. The Bertz CT molecular complexity index is 1310. The number of aromatic nitrogens is 3. The van der Waals surface area contributed by atoms with Gasteiger partial charge in [-0.05, 0) is 31.0 Å². The van der Waals surface area contributed by atoms with E-state index < -0.39 is 0 Å². The lowest BCUT2D eigenvalue weighted by atomic mass is 10.1. The lowest BCUT2D eigenvalue weighted by molar-refractivity contribution is -0.117. The number of nitrogens with zero attached hydrogens (tertiary/aromatic N) is 3. The van der Waals surface area contributed by atoms with Gasteiger partial charge in [-0.3, -0.25) is 4.79 Å². The fourth-order valence-electron chi connectivity index (χ4n) is 3.18. The number of rotatable bonds is 3. The molecule has 0 saturated heterocycles. The maximum Gasteiger partial charge on any atom is 0.228 e. The molecule has 1 aliphatic rings. The monoisotopic (exact) mass is 399 g/mol. The summed E-state index contributed by atoms with van der Waals surface area (Å²) in [4.78, 5) is 26.3. The van der Waals surface area contributed by atoms with E-state index in [1.54, 1.807) is 29.9 Å². The van der Waals surface area contributed by atoms with Crippen molar-refractivity contribution in [2.45, 2.75) is 12.8 Å². The molecule has 2 N–H and O–H groups in total. The SMILES string of the molecule is CNc1ncc(C#Cc2csc3ncccc23)c2cc(NC(=O)C3CC3)ncc12. The van der Waals surface area contributed by atoms with Gasteiger partial charge in [0.1, 0.15) is 16.5 Å². The standard InChI is InChI=1S/C22H17N5OS/c1-23-20-18-11-25-19(27-21(28)13-4-5-13)9-17(18)14(10-26-20)6-7-15-12-29-22-16(15)3-2-8-24-22/h2-3,8-13H,4-5H2,1H3,(H,23,26)(H,25,27,28). The van der Waals surface area contributed by atoms with Crippen molar-refractivity contribution in [3.05, 3.63) is 53.3 Å². The van der Waals surface area contributed by atoms with E-state index in [1.807, 2.05) is 30.6 Å². The van der Waals surface area contributed by atoms with Crippen molar-refractivity contribution in [3.63, 3.8) is 0 Å². The van der Waals surface area contributed by atoms with Crippen LogP contribution in [0.5, 0.6) is 0 Å². The smallest absolute Gasteiger partial charge is 0.228 e. The molecular formula is C22H17N5OS. The van der Waals surface area contributed by atoms with Crippen LogP contribution in [-0.2, 0) is 4.79 Å². The van der Waals surface area contributed by atoms with E-state index in [-0.39, 0.29) is 11.8 Å². The number of nitrogens with one attached hydrogen (secondary N) is 2. The fraction of sp³-hybridized carbons (Fsp3) is 0.182. The predicted octanol–water partition coefficient (Wildman–Crippen LogP) is 4.03. The van der Waals surface area contributed by atoms with Crippen LogP contribution in [0.1, 0.15) is 24.0 Å². The number of carbonyl (C=O) groups excluding carboxylic acids is 1. The maximum absolute atomic E-state index is 12.1. The molecule has 4 aromatic heterocycles. The van der Waals surface area contributed by atoms with Crippen molar-refractivity contribution in [1.82, 2.24) is 15.0 Å². The number of hydrogen-bond acceptors (Lipinski definition) is 6. The zero-order valence-corrected chi connectivity index (χ0v) is 16.5. The Hall–Kier alpha value is -3.50. The van der Waals surface area contributed by atoms with Crippen LogP contribution in [0.15, 0.2) is 42.2 Å². The number of amides is 1. The molecule has 1 amide bonds. The molecule has 5 rings (SSSR count). The highest BCUT2D eigenvalue weighted by Gasteiger charge is 2.29. The zero-order chi connectivity index (χ0) is 19.8. The maximum atomic E-state index is 12.1. The molecule has 142 valence electrons. The average Bonchev–Trinajstić information content (AvgIpc) is 3.53. The van der Waals surface area contributed by atoms with E-state index in [2.05, 4.69) is 37.4 Å². The number of thiophene rings is 1. The Morgan fingerprint density at radius 2 is 1.97 bits per heavy atom. The number of carbonyl (C=O) groups is 1. The van der Waals surface area contributed by atoms with Gasteiger partial charge in [0.05, 0.1) is 5.56 Å². The molecule has 0 bridgehead atoms. The van der Waals surface area contributed by atoms with Crippen molar-refractivity contribution in [1.29, 1.82) is 0 Å². The second-order valence-corrected chi connectivity index (χ2v) is 7.76. The second-order valence-electron chi connectivity index (χ2n) is 6.90. The molecule has 4 aromatic rings. The number of fused-ring (bicyclic) bond motifs is 2. The van der Waals surface area contributed by atoms with Crippen molar-refractivity contribution in [2.75, 3.05) is 17.7 Å². The van der Waals surface area contributed by atoms with Gasteiger partial charge in [-0.1, -0.05) is 11.8 Å². The van der Waals surface area contributed by atoms with Crippen molar-refractivity contribution in [3.8, 4) is 11.8 Å². The van der Waals surface area contributed by atoms with Gasteiger partial charge in [0, 0.05) is 58.7 Å². The highest BCUT2D eigenvalue weighted by molar-refractivity contribution is 7.17. The van der Waals surface area contributed by atoms with Gasteiger partial charge in [-0.25, -0.2) is 15.0 Å². The lowest BCUT2D eigenvalue weighted by Gasteiger charge is -2.09. The first-order valence-electron chi connectivity index (χ1n) is 9.34.